The molecule has 1 rings (SSSR count). The normalized spacial score (nSPS) is 12.2. The van der Waals surface area contributed by atoms with Crippen molar-refractivity contribution in [2.75, 3.05) is 14.2 Å². The van der Waals surface area contributed by atoms with Crippen molar-refractivity contribution in [2.24, 2.45) is 4.15 Å². The topological polar surface area (TPSA) is 102 Å². The van der Waals surface area contributed by atoms with Gasteiger partial charge in [0.25, 0.3) is 10.0 Å². The van der Waals surface area contributed by atoms with Gasteiger partial charge >= 0.3 is 7.74 Å². The minimum Gasteiger partial charge on any atom is -0.318 e. The fourth-order valence-electron chi connectivity index (χ4n) is 1.39. The van der Waals surface area contributed by atoms with Gasteiger partial charge in [0.15, 0.2) is 0 Å². The van der Waals surface area contributed by atoms with Crippen LogP contribution in [0.3, 0.4) is 0 Å². The van der Waals surface area contributed by atoms with Crippen molar-refractivity contribution < 1.29 is 27.2 Å². The molecule has 1 N–H and O–H groups in total. The molecule has 0 heterocycles. The number of nitrogens with zero attached hydrogens (tertiary/aromatic N) is 1. The van der Waals surface area contributed by atoms with Crippen molar-refractivity contribution in [1.29, 1.82) is 0 Å². The van der Waals surface area contributed by atoms with Crippen molar-refractivity contribution in [3.05, 3.63) is 29.8 Å². The lowest BCUT2D eigenvalue weighted by atomic mass is 10.1. The average molecular weight is 321 g/mol. The summed E-state index contributed by atoms with van der Waals surface area (Å²) in [5.74, 6) is -0.0237. The summed E-state index contributed by atoms with van der Waals surface area (Å²) < 4.78 is 36.4. The lowest BCUT2D eigenvalue weighted by Crippen LogP contribution is -2.01. The molecule has 0 spiro atoms. The standard InChI is InChI=1S/C11H16NO6PS/c1-9(13)8-10-4-6-11(7-5-10)20(15,16)12-19(14,17-2)18-3/h4-7,14H,8H2,1-3H3. The molecule has 1 aromatic rings. The molecule has 0 atom stereocenters. The van der Waals surface area contributed by atoms with Gasteiger partial charge in [-0.25, -0.2) is 0 Å². The second kappa shape index (κ2) is 6.60. The first-order valence-corrected chi connectivity index (χ1v) is 8.50. The van der Waals surface area contributed by atoms with Crippen LogP contribution in [0.2, 0.25) is 0 Å². The zero-order valence-corrected chi connectivity index (χ0v) is 13.0. The van der Waals surface area contributed by atoms with E-state index in [2.05, 4.69) is 13.2 Å². The second-order valence-electron chi connectivity index (χ2n) is 3.94. The Labute approximate surface area is 117 Å². The highest BCUT2D eigenvalue weighted by molar-refractivity contribution is 7.93. The molecule has 0 aliphatic heterocycles. The number of benzene rings is 1. The summed E-state index contributed by atoms with van der Waals surface area (Å²) in [7, 11) is -5.66. The minimum atomic E-state index is -4.10. The highest BCUT2D eigenvalue weighted by Gasteiger charge is 2.22. The quantitative estimate of drug-likeness (QED) is 0.801. The predicted molar refractivity (Wildman–Crippen MR) is 73.6 cm³/mol. The Bertz CT molecular complexity index is 629. The van der Waals surface area contributed by atoms with E-state index in [0.29, 0.717) is 5.56 Å². The molecule has 0 aliphatic rings. The van der Waals surface area contributed by atoms with Gasteiger partial charge in [-0.15, -0.1) is 0 Å². The van der Waals surface area contributed by atoms with Gasteiger partial charge in [0.1, 0.15) is 5.78 Å². The molecule has 0 amide bonds. The molecule has 1 aromatic carbocycles. The van der Waals surface area contributed by atoms with Crippen LogP contribution in [-0.2, 0) is 30.3 Å². The minimum absolute atomic E-state index is 0.0237. The molecule has 0 aromatic heterocycles. The van der Waals surface area contributed by atoms with Gasteiger partial charge in [-0.1, -0.05) is 16.3 Å². The summed E-state index contributed by atoms with van der Waals surface area (Å²) in [5, 5.41) is 0. The lowest BCUT2D eigenvalue weighted by Gasteiger charge is -2.12. The van der Waals surface area contributed by atoms with E-state index in [1.807, 2.05) is 0 Å². The van der Waals surface area contributed by atoms with Crippen LogP contribution in [0, 0.1) is 0 Å². The van der Waals surface area contributed by atoms with Gasteiger partial charge in [-0.05, 0) is 24.6 Å². The number of carbonyl (C=O) groups is 1. The molecule has 0 bridgehead atoms. The van der Waals surface area contributed by atoms with E-state index in [1.54, 1.807) is 0 Å². The van der Waals surface area contributed by atoms with Gasteiger partial charge in [0.05, 0.1) is 4.90 Å². The summed E-state index contributed by atoms with van der Waals surface area (Å²) in [5.41, 5.74) is 0.694. The SMILES string of the molecule is COP(O)(=NS(=O)(=O)c1ccc(CC(C)=O)cc1)OC. The Kier molecular flexibility index (Phi) is 5.61. The van der Waals surface area contributed by atoms with E-state index in [4.69, 9.17) is 0 Å². The number of hydrogen-bond acceptors (Lipinski definition) is 5. The molecule has 0 saturated heterocycles. The highest BCUT2D eigenvalue weighted by atomic mass is 32.2. The summed E-state index contributed by atoms with van der Waals surface area (Å²) >= 11 is 0. The van der Waals surface area contributed by atoms with E-state index in [0.717, 1.165) is 14.2 Å². The third kappa shape index (κ3) is 4.50. The maximum absolute atomic E-state index is 12.0. The number of ketones is 1. The molecule has 7 nitrogen and oxygen atoms in total. The lowest BCUT2D eigenvalue weighted by molar-refractivity contribution is -0.116. The number of Topliss-reactive ketones (excluding diaryl/α,β-unsaturated/α-hetero) is 1. The molecule has 112 valence electrons. The molecule has 0 saturated carbocycles. The monoisotopic (exact) mass is 321 g/mol. The Morgan fingerprint density at radius 1 is 1.25 bits per heavy atom. The first kappa shape index (κ1) is 17.0. The fraction of sp³-hybridized carbons (Fsp3) is 0.364. The van der Waals surface area contributed by atoms with Crippen molar-refractivity contribution >= 4 is 23.5 Å². The first-order valence-electron chi connectivity index (χ1n) is 5.53. The average Bonchev–Trinajstić information content (AvgIpc) is 2.38. The molecule has 20 heavy (non-hydrogen) atoms. The van der Waals surface area contributed by atoms with Gasteiger partial charge in [-0.2, -0.15) is 8.42 Å². The van der Waals surface area contributed by atoms with E-state index >= 15 is 0 Å². The molecule has 0 aliphatic carbocycles. The van der Waals surface area contributed by atoms with Crippen molar-refractivity contribution in [3.8, 4) is 0 Å². The number of sulfonamides is 1. The first-order chi connectivity index (χ1) is 9.22. The van der Waals surface area contributed by atoms with Crippen molar-refractivity contribution in [1.82, 2.24) is 0 Å². The smallest absolute Gasteiger partial charge is 0.318 e. The van der Waals surface area contributed by atoms with E-state index in [1.165, 1.54) is 31.2 Å². The molecule has 0 radical (unpaired) electrons. The van der Waals surface area contributed by atoms with Crippen LogP contribution in [-0.4, -0.2) is 33.3 Å². The Morgan fingerprint density at radius 2 is 1.75 bits per heavy atom. The molecule has 0 unspecified atom stereocenters. The fourth-order valence-corrected chi connectivity index (χ4v) is 4.02. The van der Waals surface area contributed by atoms with Crippen molar-refractivity contribution in [3.63, 3.8) is 0 Å². The summed E-state index contributed by atoms with van der Waals surface area (Å²) in [6, 6.07) is 5.65. The van der Waals surface area contributed by atoms with Gasteiger partial charge in [0.2, 0.25) is 0 Å². The van der Waals surface area contributed by atoms with E-state index < -0.39 is 17.8 Å². The van der Waals surface area contributed by atoms with Crippen molar-refractivity contribution in [2.45, 2.75) is 18.2 Å². The molecular formula is C11H16NO6PS. The summed E-state index contributed by atoms with van der Waals surface area (Å²) in [6.07, 6.45) is 0.227. The van der Waals surface area contributed by atoms with Crippen LogP contribution in [0.5, 0.6) is 0 Å². The van der Waals surface area contributed by atoms with Crippen LogP contribution in [0.4, 0.5) is 0 Å². The third-order valence-corrected chi connectivity index (χ3v) is 5.87. The van der Waals surface area contributed by atoms with Gasteiger partial charge in [-0.3, -0.25) is 4.79 Å². The second-order valence-corrected chi connectivity index (χ2v) is 7.72. The third-order valence-electron chi connectivity index (χ3n) is 2.36. The van der Waals surface area contributed by atoms with Crippen LogP contribution in [0.1, 0.15) is 12.5 Å². The zero-order valence-electron chi connectivity index (χ0n) is 11.3. The van der Waals surface area contributed by atoms with Crippen LogP contribution < -0.4 is 0 Å². The zero-order chi connectivity index (χ0) is 15.4. The summed E-state index contributed by atoms with van der Waals surface area (Å²) in [6.45, 7) is 1.45. The Hall–Kier alpha value is -1.05. The predicted octanol–water partition coefficient (Wildman–Crippen LogP) is 1.74. The van der Waals surface area contributed by atoms with E-state index in [-0.39, 0.29) is 17.1 Å². The van der Waals surface area contributed by atoms with Crippen LogP contribution in [0.15, 0.2) is 33.3 Å². The van der Waals surface area contributed by atoms with Gasteiger partial charge < -0.3 is 13.9 Å². The summed E-state index contributed by atoms with van der Waals surface area (Å²) in [4.78, 5) is 20.5. The molecule has 0 fully saturated rings. The van der Waals surface area contributed by atoms with Crippen LogP contribution in [0.25, 0.3) is 0 Å². The molecule has 9 heteroatoms. The largest absolute Gasteiger partial charge is 0.368 e. The Morgan fingerprint density at radius 3 is 2.15 bits per heavy atom. The maximum Gasteiger partial charge on any atom is 0.368 e. The molecular weight excluding hydrogens is 305 g/mol. The van der Waals surface area contributed by atoms with Crippen LogP contribution >= 0.6 is 7.74 Å². The maximum atomic E-state index is 12.0. The van der Waals surface area contributed by atoms with Gasteiger partial charge in [0, 0.05) is 20.6 Å². The number of carbonyl (C=O) groups excluding carboxylic acids is 1. The Balaban J connectivity index is 3.14. The number of rotatable bonds is 6. The van der Waals surface area contributed by atoms with E-state index in [9.17, 15) is 18.1 Å². The number of hydrogen-bond donors (Lipinski definition) is 1. The highest BCUT2D eigenvalue weighted by Crippen LogP contribution is 2.47.